The van der Waals surface area contributed by atoms with E-state index in [0.717, 1.165) is 11.1 Å². The van der Waals surface area contributed by atoms with Crippen LogP contribution in [0, 0.1) is 11.3 Å². The van der Waals surface area contributed by atoms with Gasteiger partial charge in [0.05, 0.1) is 11.6 Å². The molecule has 0 atom stereocenters. The van der Waals surface area contributed by atoms with Gasteiger partial charge in [0.1, 0.15) is 0 Å². The third-order valence-electron chi connectivity index (χ3n) is 3.83. The van der Waals surface area contributed by atoms with Crippen LogP contribution in [0.15, 0.2) is 53.5 Å². The summed E-state index contributed by atoms with van der Waals surface area (Å²) < 4.78 is 0. The zero-order chi connectivity index (χ0) is 18.9. The fourth-order valence-electron chi connectivity index (χ4n) is 2.31. The SMILES string of the molecule is CN=C(NCc1ccc(C#N)cc1)NCc1ccc(C(=O)N(C)C)cc1. The normalized spacial score (nSPS) is 10.8. The zero-order valence-electron chi connectivity index (χ0n) is 15.3. The van der Waals surface area contributed by atoms with Crippen molar-refractivity contribution >= 4 is 11.9 Å². The van der Waals surface area contributed by atoms with Crippen LogP contribution >= 0.6 is 0 Å². The third-order valence-corrected chi connectivity index (χ3v) is 3.83. The summed E-state index contributed by atoms with van der Waals surface area (Å²) in [5.74, 6) is 0.673. The lowest BCUT2D eigenvalue weighted by Crippen LogP contribution is -2.36. The fraction of sp³-hybridized carbons (Fsp3) is 0.250. The van der Waals surface area contributed by atoms with E-state index in [-0.39, 0.29) is 5.91 Å². The molecule has 0 fully saturated rings. The molecule has 0 heterocycles. The second kappa shape index (κ2) is 9.23. The van der Waals surface area contributed by atoms with Crippen molar-refractivity contribution in [3.8, 4) is 6.07 Å². The van der Waals surface area contributed by atoms with Gasteiger partial charge in [-0.15, -0.1) is 0 Å². The van der Waals surface area contributed by atoms with Gasteiger partial charge in [-0.2, -0.15) is 5.26 Å². The Balaban J connectivity index is 1.86. The Kier molecular flexibility index (Phi) is 6.75. The Morgan fingerprint density at radius 3 is 1.92 bits per heavy atom. The minimum absolute atomic E-state index is 0.00981. The van der Waals surface area contributed by atoms with E-state index >= 15 is 0 Å². The predicted octanol–water partition coefficient (Wildman–Crippen LogP) is 2.13. The Morgan fingerprint density at radius 2 is 1.50 bits per heavy atom. The summed E-state index contributed by atoms with van der Waals surface area (Å²) in [6.45, 7) is 1.21. The van der Waals surface area contributed by atoms with Crippen LogP contribution in [0.2, 0.25) is 0 Å². The van der Waals surface area contributed by atoms with Gasteiger partial charge in [-0.25, -0.2) is 0 Å². The van der Waals surface area contributed by atoms with E-state index in [1.807, 2.05) is 36.4 Å². The number of hydrogen-bond donors (Lipinski definition) is 2. The number of amides is 1. The standard InChI is InChI=1S/C20H23N5O/c1-22-20(23-13-16-6-4-15(12-21)5-7-16)24-14-17-8-10-18(11-9-17)19(26)25(2)3/h4-11H,13-14H2,1-3H3,(H2,22,23,24). The number of nitriles is 1. The first-order valence-corrected chi connectivity index (χ1v) is 8.27. The summed E-state index contributed by atoms with van der Waals surface area (Å²) in [6, 6.07) is 17.0. The number of hydrogen-bond acceptors (Lipinski definition) is 3. The van der Waals surface area contributed by atoms with Crippen molar-refractivity contribution in [3.05, 3.63) is 70.8 Å². The van der Waals surface area contributed by atoms with Gasteiger partial charge in [0.25, 0.3) is 5.91 Å². The Morgan fingerprint density at radius 1 is 1.00 bits per heavy atom. The van der Waals surface area contributed by atoms with E-state index in [1.165, 1.54) is 0 Å². The van der Waals surface area contributed by atoms with Gasteiger partial charge in [-0.1, -0.05) is 24.3 Å². The molecule has 6 heteroatoms. The smallest absolute Gasteiger partial charge is 0.253 e. The number of nitrogens with zero attached hydrogens (tertiary/aromatic N) is 3. The van der Waals surface area contributed by atoms with Gasteiger partial charge in [-0.3, -0.25) is 9.79 Å². The first-order valence-electron chi connectivity index (χ1n) is 8.27. The van der Waals surface area contributed by atoms with Crippen LogP contribution in [0.25, 0.3) is 0 Å². The molecular weight excluding hydrogens is 326 g/mol. The molecule has 2 aromatic rings. The van der Waals surface area contributed by atoms with Crippen molar-refractivity contribution in [2.45, 2.75) is 13.1 Å². The van der Waals surface area contributed by atoms with Gasteiger partial charge in [0.2, 0.25) is 0 Å². The average Bonchev–Trinajstić information content (AvgIpc) is 2.68. The van der Waals surface area contributed by atoms with E-state index in [0.29, 0.717) is 30.2 Å². The Bertz CT molecular complexity index is 802. The molecule has 0 saturated heterocycles. The van der Waals surface area contributed by atoms with Gasteiger partial charge in [0, 0.05) is 39.8 Å². The maximum Gasteiger partial charge on any atom is 0.253 e. The van der Waals surface area contributed by atoms with Gasteiger partial charge >= 0.3 is 0 Å². The van der Waals surface area contributed by atoms with E-state index in [1.54, 1.807) is 38.2 Å². The van der Waals surface area contributed by atoms with Crippen LogP contribution in [0.1, 0.15) is 27.0 Å². The highest BCUT2D eigenvalue weighted by atomic mass is 16.2. The topological polar surface area (TPSA) is 80.5 Å². The van der Waals surface area contributed by atoms with Crippen molar-refractivity contribution in [1.29, 1.82) is 5.26 Å². The van der Waals surface area contributed by atoms with Crippen LogP contribution < -0.4 is 10.6 Å². The summed E-state index contributed by atoms with van der Waals surface area (Å²) in [6.07, 6.45) is 0. The van der Waals surface area contributed by atoms with E-state index in [2.05, 4.69) is 21.7 Å². The van der Waals surface area contributed by atoms with Crippen molar-refractivity contribution in [2.24, 2.45) is 4.99 Å². The highest BCUT2D eigenvalue weighted by molar-refractivity contribution is 5.93. The average molecular weight is 349 g/mol. The van der Waals surface area contributed by atoms with Crippen LogP contribution in [0.5, 0.6) is 0 Å². The largest absolute Gasteiger partial charge is 0.352 e. The van der Waals surface area contributed by atoms with Crippen LogP contribution in [-0.2, 0) is 13.1 Å². The number of carbonyl (C=O) groups excluding carboxylic acids is 1. The number of aliphatic imine (C=N–C) groups is 1. The summed E-state index contributed by atoms with van der Waals surface area (Å²) in [4.78, 5) is 17.7. The van der Waals surface area contributed by atoms with Crippen LogP contribution in [0.3, 0.4) is 0 Å². The van der Waals surface area contributed by atoms with Gasteiger partial charge in [-0.05, 0) is 35.4 Å². The minimum atomic E-state index is -0.00981. The quantitative estimate of drug-likeness (QED) is 0.640. The number of guanidine groups is 1. The highest BCUT2D eigenvalue weighted by Gasteiger charge is 2.07. The first-order chi connectivity index (χ1) is 12.5. The molecule has 0 saturated carbocycles. The molecule has 0 radical (unpaired) electrons. The van der Waals surface area contributed by atoms with E-state index in [4.69, 9.17) is 5.26 Å². The number of rotatable bonds is 5. The molecule has 2 N–H and O–H groups in total. The molecule has 0 bridgehead atoms. The maximum atomic E-state index is 11.9. The lowest BCUT2D eigenvalue weighted by Gasteiger charge is -2.13. The molecule has 1 amide bonds. The van der Waals surface area contributed by atoms with Crippen LogP contribution in [-0.4, -0.2) is 37.9 Å². The van der Waals surface area contributed by atoms with Crippen molar-refractivity contribution in [1.82, 2.24) is 15.5 Å². The molecule has 0 spiro atoms. The predicted molar refractivity (Wildman–Crippen MR) is 103 cm³/mol. The molecule has 0 aliphatic carbocycles. The van der Waals surface area contributed by atoms with E-state index < -0.39 is 0 Å². The monoisotopic (exact) mass is 349 g/mol. The second-order valence-electron chi connectivity index (χ2n) is 5.98. The lowest BCUT2D eigenvalue weighted by atomic mass is 10.1. The minimum Gasteiger partial charge on any atom is -0.352 e. The molecule has 0 aliphatic heterocycles. The zero-order valence-corrected chi connectivity index (χ0v) is 15.3. The third kappa shape index (κ3) is 5.35. The number of carbonyl (C=O) groups is 1. The Labute approximate surface area is 154 Å². The second-order valence-corrected chi connectivity index (χ2v) is 5.98. The molecule has 0 unspecified atom stereocenters. The molecule has 2 aromatic carbocycles. The number of benzene rings is 2. The summed E-state index contributed by atoms with van der Waals surface area (Å²) >= 11 is 0. The number of nitrogens with one attached hydrogen (secondary N) is 2. The van der Waals surface area contributed by atoms with Crippen molar-refractivity contribution < 1.29 is 4.79 Å². The lowest BCUT2D eigenvalue weighted by molar-refractivity contribution is 0.0827. The molecule has 0 aliphatic rings. The molecule has 0 aromatic heterocycles. The van der Waals surface area contributed by atoms with Gasteiger partial charge in [0.15, 0.2) is 5.96 Å². The molecule has 26 heavy (non-hydrogen) atoms. The summed E-state index contributed by atoms with van der Waals surface area (Å²) in [5.41, 5.74) is 3.44. The van der Waals surface area contributed by atoms with Crippen molar-refractivity contribution in [3.63, 3.8) is 0 Å². The molecule has 6 nitrogen and oxygen atoms in total. The molecule has 134 valence electrons. The van der Waals surface area contributed by atoms with Crippen LogP contribution in [0.4, 0.5) is 0 Å². The fourth-order valence-corrected chi connectivity index (χ4v) is 2.31. The highest BCUT2D eigenvalue weighted by Crippen LogP contribution is 2.06. The molecule has 2 rings (SSSR count). The Hall–Kier alpha value is -3.33. The summed E-state index contributed by atoms with van der Waals surface area (Å²) in [5, 5.41) is 15.3. The van der Waals surface area contributed by atoms with Gasteiger partial charge < -0.3 is 15.5 Å². The van der Waals surface area contributed by atoms with E-state index in [9.17, 15) is 4.79 Å². The van der Waals surface area contributed by atoms with Crippen molar-refractivity contribution in [2.75, 3.05) is 21.1 Å². The molecular formula is C20H23N5O. The maximum absolute atomic E-state index is 11.9. The summed E-state index contributed by atoms with van der Waals surface area (Å²) in [7, 11) is 5.19. The first kappa shape index (κ1) is 19.0.